The maximum absolute atomic E-state index is 3.79. The first-order valence-corrected chi connectivity index (χ1v) is 16.1. The lowest BCUT2D eigenvalue weighted by molar-refractivity contribution is 0.740. The normalized spacial score (nSPS) is 15.7. The molecule has 0 aromatic heterocycles. The number of nitrogens with one attached hydrogen (secondary N) is 2. The van der Waals surface area contributed by atoms with E-state index in [0.717, 1.165) is 0 Å². The number of para-hydroxylation sites is 4. The summed E-state index contributed by atoms with van der Waals surface area (Å²) >= 11 is 0. The quantitative estimate of drug-likeness (QED) is 0.185. The zero-order chi connectivity index (χ0) is 30.0. The molecule has 7 aromatic rings. The molecule has 2 aliphatic heterocycles. The minimum atomic E-state index is -0.457. The molecule has 2 heteroatoms. The first-order valence-electron chi connectivity index (χ1n) is 16.1. The van der Waals surface area contributed by atoms with Gasteiger partial charge in [-0.05, 0) is 97.1 Å². The zero-order valence-corrected chi connectivity index (χ0v) is 25.0. The molecule has 0 saturated carbocycles. The molecule has 2 aliphatic carbocycles. The Morgan fingerprint density at radius 2 is 0.565 bits per heavy atom. The third kappa shape index (κ3) is 2.68. The van der Waals surface area contributed by atoms with E-state index in [-0.39, 0.29) is 0 Å². The predicted molar refractivity (Wildman–Crippen MR) is 188 cm³/mol. The minimum Gasteiger partial charge on any atom is -0.355 e. The lowest BCUT2D eigenvalue weighted by atomic mass is 9.62. The van der Waals surface area contributed by atoms with Gasteiger partial charge in [0.1, 0.15) is 0 Å². The Kier molecular flexibility index (Phi) is 4.49. The van der Waals surface area contributed by atoms with Gasteiger partial charge in [-0.25, -0.2) is 0 Å². The molecule has 7 aromatic carbocycles. The molecule has 2 nitrogen and oxygen atoms in total. The van der Waals surface area contributed by atoms with Crippen molar-refractivity contribution in [3.8, 4) is 22.3 Å². The highest BCUT2D eigenvalue weighted by atomic mass is 14.9. The van der Waals surface area contributed by atoms with Gasteiger partial charge in [0.05, 0.1) is 10.8 Å². The Hall–Kier alpha value is -5.86. The highest BCUT2D eigenvalue weighted by molar-refractivity contribution is 5.99. The molecule has 214 valence electrons. The summed E-state index contributed by atoms with van der Waals surface area (Å²) in [5.74, 6) is 0. The topological polar surface area (TPSA) is 24.1 Å². The van der Waals surface area contributed by atoms with Crippen LogP contribution in [0, 0.1) is 0 Å². The fourth-order valence-electron chi connectivity index (χ4n) is 9.46. The highest BCUT2D eigenvalue weighted by Gasteiger charge is 2.54. The van der Waals surface area contributed by atoms with Crippen molar-refractivity contribution in [3.05, 3.63) is 202 Å². The van der Waals surface area contributed by atoms with Crippen LogP contribution in [0.3, 0.4) is 0 Å². The molecule has 2 heterocycles. The Bertz CT molecular complexity index is 2190. The summed E-state index contributed by atoms with van der Waals surface area (Å²) in [6, 6.07) is 58.9. The van der Waals surface area contributed by atoms with Crippen LogP contribution in [0.2, 0.25) is 0 Å². The van der Waals surface area contributed by atoms with E-state index in [1.807, 2.05) is 0 Å². The number of anilines is 4. The monoisotopic (exact) mass is 584 g/mol. The van der Waals surface area contributed by atoms with E-state index in [1.54, 1.807) is 0 Å². The van der Waals surface area contributed by atoms with Crippen molar-refractivity contribution >= 4 is 22.7 Å². The third-order valence-electron chi connectivity index (χ3n) is 11.1. The molecule has 2 spiro atoms. The first-order chi connectivity index (χ1) is 22.8. The van der Waals surface area contributed by atoms with E-state index in [2.05, 4.69) is 168 Å². The predicted octanol–water partition coefficient (Wildman–Crippen LogP) is 10.5. The number of benzene rings is 7. The van der Waals surface area contributed by atoms with Crippen LogP contribution in [-0.4, -0.2) is 0 Å². The second-order valence-corrected chi connectivity index (χ2v) is 13.0. The Balaban J connectivity index is 1.34. The summed E-state index contributed by atoms with van der Waals surface area (Å²) in [4.78, 5) is 0. The third-order valence-corrected chi connectivity index (χ3v) is 11.1. The van der Waals surface area contributed by atoms with Crippen LogP contribution in [0.5, 0.6) is 0 Å². The van der Waals surface area contributed by atoms with Crippen LogP contribution in [0.15, 0.2) is 158 Å². The second kappa shape index (κ2) is 8.44. The van der Waals surface area contributed by atoms with Gasteiger partial charge in [0, 0.05) is 22.7 Å². The molecule has 2 N–H and O–H groups in total. The van der Waals surface area contributed by atoms with Crippen LogP contribution >= 0.6 is 0 Å². The van der Waals surface area contributed by atoms with Gasteiger partial charge >= 0.3 is 0 Å². The van der Waals surface area contributed by atoms with Gasteiger partial charge in [0.15, 0.2) is 0 Å². The number of rotatable bonds is 0. The van der Waals surface area contributed by atoms with E-state index in [4.69, 9.17) is 0 Å². The smallest absolute Gasteiger partial charge is 0.0753 e. The van der Waals surface area contributed by atoms with Gasteiger partial charge in [-0.15, -0.1) is 0 Å². The summed E-state index contributed by atoms with van der Waals surface area (Å²) in [6.07, 6.45) is 0. The van der Waals surface area contributed by atoms with Gasteiger partial charge in [-0.2, -0.15) is 0 Å². The zero-order valence-electron chi connectivity index (χ0n) is 25.0. The van der Waals surface area contributed by atoms with Crippen molar-refractivity contribution in [1.29, 1.82) is 0 Å². The largest absolute Gasteiger partial charge is 0.355 e. The van der Waals surface area contributed by atoms with Crippen LogP contribution in [-0.2, 0) is 10.8 Å². The maximum atomic E-state index is 3.79. The summed E-state index contributed by atoms with van der Waals surface area (Å²) in [5.41, 5.74) is 19.6. The van der Waals surface area contributed by atoms with E-state index in [1.165, 1.54) is 89.5 Å². The molecule has 4 aliphatic rings. The van der Waals surface area contributed by atoms with Crippen molar-refractivity contribution in [3.63, 3.8) is 0 Å². The number of hydrogen-bond acceptors (Lipinski definition) is 2. The number of fused-ring (bicyclic) bond motifs is 18. The molecule has 46 heavy (non-hydrogen) atoms. The Labute approximate surface area is 268 Å². The van der Waals surface area contributed by atoms with Gasteiger partial charge < -0.3 is 10.6 Å². The molecule has 11 rings (SSSR count). The fourth-order valence-corrected chi connectivity index (χ4v) is 9.46. The molecular formula is C44H28N2. The van der Waals surface area contributed by atoms with Crippen molar-refractivity contribution in [1.82, 2.24) is 0 Å². The molecule has 0 fully saturated rings. The number of hydrogen-bond donors (Lipinski definition) is 2. The van der Waals surface area contributed by atoms with Crippen LogP contribution in [0.1, 0.15) is 44.5 Å². The summed E-state index contributed by atoms with van der Waals surface area (Å²) < 4.78 is 0. The summed E-state index contributed by atoms with van der Waals surface area (Å²) in [5, 5.41) is 7.59. The van der Waals surface area contributed by atoms with E-state index in [0.29, 0.717) is 0 Å². The van der Waals surface area contributed by atoms with Crippen molar-refractivity contribution < 1.29 is 0 Å². The molecular weight excluding hydrogens is 556 g/mol. The van der Waals surface area contributed by atoms with Crippen LogP contribution in [0.25, 0.3) is 22.3 Å². The summed E-state index contributed by atoms with van der Waals surface area (Å²) in [7, 11) is 0. The van der Waals surface area contributed by atoms with Gasteiger partial charge in [-0.3, -0.25) is 0 Å². The fraction of sp³-hybridized carbons (Fsp3) is 0.0455. The second-order valence-electron chi connectivity index (χ2n) is 13.0. The van der Waals surface area contributed by atoms with Gasteiger partial charge in [0.25, 0.3) is 0 Å². The van der Waals surface area contributed by atoms with E-state index in [9.17, 15) is 0 Å². The summed E-state index contributed by atoms with van der Waals surface area (Å²) in [6.45, 7) is 0. The lowest BCUT2D eigenvalue weighted by Crippen LogP contribution is -2.35. The SMILES string of the molecule is c1ccc2c(c1)Nc1ccccc1C21c2ccccc2-c2cc3c(cc21)C1(c2ccccc2Nc2ccccc21)c1ccccc1-3. The Morgan fingerprint density at radius 1 is 0.261 bits per heavy atom. The van der Waals surface area contributed by atoms with Gasteiger partial charge in [0.2, 0.25) is 0 Å². The average molecular weight is 585 g/mol. The Morgan fingerprint density at radius 3 is 0.935 bits per heavy atom. The van der Waals surface area contributed by atoms with E-state index < -0.39 is 10.8 Å². The molecule has 0 unspecified atom stereocenters. The van der Waals surface area contributed by atoms with E-state index >= 15 is 0 Å². The molecule has 0 saturated heterocycles. The highest BCUT2D eigenvalue weighted by Crippen LogP contribution is 2.66. The van der Waals surface area contributed by atoms with Crippen LogP contribution in [0.4, 0.5) is 22.7 Å². The van der Waals surface area contributed by atoms with Crippen molar-refractivity contribution in [2.75, 3.05) is 10.6 Å². The first kappa shape index (κ1) is 24.5. The van der Waals surface area contributed by atoms with Crippen molar-refractivity contribution in [2.45, 2.75) is 10.8 Å². The van der Waals surface area contributed by atoms with Crippen molar-refractivity contribution in [2.24, 2.45) is 0 Å². The van der Waals surface area contributed by atoms with Crippen LogP contribution < -0.4 is 10.6 Å². The minimum absolute atomic E-state index is 0.457. The van der Waals surface area contributed by atoms with Gasteiger partial charge in [-0.1, -0.05) is 127 Å². The molecule has 0 bridgehead atoms. The lowest BCUT2D eigenvalue weighted by Gasteiger charge is -2.42. The molecule has 0 atom stereocenters. The average Bonchev–Trinajstić information content (AvgIpc) is 3.56. The standard InChI is InChI=1S/C44H28N2/c1-3-15-31-27(13-1)29-25-30-28-14-2-4-16-32(28)44(35-19-7-11-23-41(35)46-42-24-12-8-20-36(42)44)38(30)26-37(29)43(31)33-17-5-9-21-39(33)45-40-22-10-6-18-34(40)43/h1-26,45-46H. The molecule has 0 amide bonds. The molecule has 0 radical (unpaired) electrons. The maximum Gasteiger partial charge on any atom is 0.0753 e.